The third kappa shape index (κ3) is 7.77. The summed E-state index contributed by atoms with van der Waals surface area (Å²) in [5.41, 5.74) is 3.56. The molecule has 0 saturated heterocycles. The Hall–Kier alpha value is -2.78. The predicted molar refractivity (Wildman–Crippen MR) is 176 cm³/mol. The largest absolute Gasteiger partial charge is 0.439 e. The standard InChI is InChI=1S/C34H39FN6O5.K/c1-4-7-29-28(18-22-10-12-23(13-11-22)26-8-5-6-9-27(26)30-37-33(43)46-39-30)31(42)40(32-36-21(2)38-41(29)32)24-14-16-25(17-15-24)45-20-34(3,44)19-35;/h5-6,8-13,24-25,44H,4,7,14-20H2,1-3H3,(H,37,39,43);. The molecule has 1 fully saturated rings. The number of nitrogens with one attached hydrogen (secondary N) is 1. The Labute approximate surface area is 314 Å². The van der Waals surface area contributed by atoms with E-state index in [0.717, 1.165) is 34.4 Å². The fraction of sp³-hybridized carbons (Fsp3) is 0.441. The van der Waals surface area contributed by atoms with Gasteiger partial charge in [-0.05, 0) is 62.6 Å². The number of aryl methyl sites for hydroxylation is 2. The Morgan fingerprint density at radius 3 is 2.43 bits per heavy atom. The zero-order chi connectivity index (χ0) is 32.4. The summed E-state index contributed by atoms with van der Waals surface area (Å²) in [5.74, 6) is 0.900. The van der Waals surface area contributed by atoms with E-state index in [1.807, 2.05) is 64.5 Å². The summed E-state index contributed by atoms with van der Waals surface area (Å²) in [6, 6.07) is 15.6. The van der Waals surface area contributed by atoms with Gasteiger partial charge in [0, 0.05) is 75.0 Å². The number of ether oxygens (including phenoxy) is 1. The van der Waals surface area contributed by atoms with E-state index in [4.69, 9.17) is 19.3 Å². The van der Waals surface area contributed by atoms with Crippen molar-refractivity contribution < 1.29 is 18.8 Å². The first-order chi connectivity index (χ1) is 22.2. The minimum absolute atomic E-state index is 0. The first-order valence-corrected chi connectivity index (χ1v) is 15.8. The summed E-state index contributed by atoms with van der Waals surface area (Å²) in [4.78, 5) is 33.3. The maximum Gasteiger partial charge on any atom is 0.439 e. The Balaban J connectivity index is 0.00000433. The van der Waals surface area contributed by atoms with Gasteiger partial charge in [0.25, 0.3) is 5.56 Å². The molecule has 6 rings (SSSR count). The van der Waals surface area contributed by atoms with E-state index in [1.54, 1.807) is 0 Å². The van der Waals surface area contributed by atoms with E-state index in [0.29, 0.717) is 61.5 Å². The molecule has 3 aromatic heterocycles. The van der Waals surface area contributed by atoms with Crippen LogP contribution in [-0.4, -0.2) is 111 Å². The van der Waals surface area contributed by atoms with Crippen LogP contribution in [0.15, 0.2) is 62.6 Å². The maximum absolute atomic E-state index is 14.4. The first kappa shape index (κ1) is 35.5. The van der Waals surface area contributed by atoms with Crippen molar-refractivity contribution >= 4 is 57.2 Å². The third-order valence-corrected chi connectivity index (χ3v) is 8.67. The molecular weight excluding hydrogens is 631 g/mol. The van der Waals surface area contributed by atoms with Gasteiger partial charge in [0.05, 0.1) is 18.4 Å². The minimum Gasteiger partial charge on any atom is -0.385 e. The molecule has 11 nitrogen and oxygen atoms in total. The number of aliphatic hydroxyl groups is 1. The molecule has 13 heteroatoms. The van der Waals surface area contributed by atoms with Crippen LogP contribution >= 0.6 is 0 Å². The molecule has 243 valence electrons. The van der Waals surface area contributed by atoms with E-state index in [-0.39, 0.29) is 75.7 Å². The van der Waals surface area contributed by atoms with Crippen molar-refractivity contribution in [1.82, 2.24) is 29.3 Å². The third-order valence-electron chi connectivity index (χ3n) is 8.67. The molecule has 1 saturated carbocycles. The number of rotatable bonds is 11. The normalized spacial score (nSPS) is 17.8. The SMILES string of the molecule is CCCc1c(Cc2ccc(-c3ccccc3-c3noc(=O)[nH]3)cc2)c(=O)n(C2CCC(OCC(C)(O)CF)CC2)c2nc(C)nn12.[K]. The molecule has 1 radical (unpaired) electrons. The maximum atomic E-state index is 14.4. The molecule has 47 heavy (non-hydrogen) atoms. The van der Waals surface area contributed by atoms with Gasteiger partial charge in [0.15, 0.2) is 5.82 Å². The van der Waals surface area contributed by atoms with Gasteiger partial charge in [-0.25, -0.2) is 13.7 Å². The summed E-state index contributed by atoms with van der Waals surface area (Å²) in [6.07, 6.45) is 4.62. The molecule has 1 unspecified atom stereocenters. The molecule has 2 N–H and O–H groups in total. The van der Waals surface area contributed by atoms with Gasteiger partial charge in [-0.2, -0.15) is 10.1 Å². The van der Waals surface area contributed by atoms with Crippen molar-refractivity contribution in [2.75, 3.05) is 13.3 Å². The number of hydrogen-bond acceptors (Lipinski definition) is 8. The van der Waals surface area contributed by atoms with E-state index >= 15 is 0 Å². The van der Waals surface area contributed by atoms with E-state index in [9.17, 15) is 19.1 Å². The van der Waals surface area contributed by atoms with Crippen LogP contribution in [0, 0.1) is 6.92 Å². The van der Waals surface area contributed by atoms with E-state index in [1.165, 1.54) is 6.92 Å². The number of fused-ring (bicyclic) bond motifs is 1. The van der Waals surface area contributed by atoms with Crippen LogP contribution in [0.5, 0.6) is 0 Å². The number of alkyl halides is 1. The van der Waals surface area contributed by atoms with E-state index in [2.05, 4.69) is 17.1 Å². The monoisotopic (exact) mass is 669 g/mol. The number of aromatic amines is 1. The zero-order valence-corrected chi connectivity index (χ0v) is 30.5. The molecule has 5 aromatic rings. The van der Waals surface area contributed by atoms with Crippen molar-refractivity contribution in [3.63, 3.8) is 0 Å². The van der Waals surface area contributed by atoms with Crippen molar-refractivity contribution in [3.8, 4) is 22.5 Å². The average molecular weight is 670 g/mol. The van der Waals surface area contributed by atoms with Crippen LogP contribution in [0.4, 0.5) is 4.39 Å². The van der Waals surface area contributed by atoms with Gasteiger partial charge in [0.1, 0.15) is 18.1 Å². The zero-order valence-electron chi connectivity index (χ0n) is 27.3. The number of aromatic nitrogens is 6. The van der Waals surface area contributed by atoms with Crippen molar-refractivity contribution in [2.45, 2.75) is 83.5 Å². The Kier molecular flexibility index (Phi) is 11.5. The van der Waals surface area contributed by atoms with Crippen LogP contribution in [0.2, 0.25) is 0 Å². The van der Waals surface area contributed by atoms with Gasteiger partial charge in [-0.3, -0.25) is 18.9 Å². The minimum atomic E-state index is -1.50. The molecule has 0 bridgehead atoms. The van der Waals surface area contributed by atoms with Crippen LogP contribution in [0.3, 0.4) is 0 Å². The van der Waals surface area contributed by atoms with Crippen molar-refractivity contribution in [2.24, 2.45) is 0 Å². The molecule has 3 heterocycles. The quantitative estimate of drug-likeness (QED) is 0.195. The van der Waals surface area contributed by atoms with Crippen LogP contribution < -0.4 is 11.3 Å². The molecule has 0 amide bonds. The van der Waals surface area contributed by atoms with Crippen molar-refractivity contribution in [3.05, 3.63) is 92.1 Å². The second-order valence-corrected chi connectivity index (χ2v) is 12.5. The van der Waals surface area contributed by atoms with E-state index < -0.39 is 18.0 Å². The first-order valence-electron chi connectivity index (χ1n) is 15.8. The number of H-pyrrole nitrogens is 1. The Morgan fingerprint density at radius 1 is 1.09 bits per heavy atom. The fourth-order valence-corrected chi connectivity index (χ4v) is 6.33. The summed E-state index contributed by atoms with van der Waals surface area (Å²) in [5, 5.41) is 18.6. The number of halogens is 1. The average Bonchev–Trinajstić information content (AvgIpc) is 3.67. The fourth-order valence-electron chi connectivity index (χ4n) is 6.33. The van der Waals surface area contributed by atoms with Gasteiger partial charge >= 0.3 is 5.76 Å². The second kappa shape index (κ2) is 15.2. The van der Waals surface area contributed by atoms with Crippen LogP contribution in [-0.2, 0) is 17.6 Å². The Morgan fingerprint density at radius 2 is 1.79 bits per heavy atom. The number of benzene rings is 2. The van der Waals surface area contributed by atoms with Gasteiger partial charge in [-0.1, -0.05) is 67.0 Å². The Bertz CT molecular complexity index is 1940. The molecular formula is C34H39FKN6O5. The van der Waals surface area contributed by atoms with Gasteiger partial charge in [0.2, 0.25) is 5.78 Å². The molecule has 0 aliphatic heterocycles. The summed E-state index contributed by atoms with van der Waals surface area (Å²) in [7, 11) is 0. The van der Waals surface area contributed by atoms with Crippen molar-refractivity contribution in [1.29, 1.82) is 0 Å². The molecule has 2 aromatic carbocycles. The topological polar surface area (TPSA) is 141 Å². The molecule has 1 atom stereocenters. The predicted octanol–water partition coefficient (Wildman–Crippen LogP) is 4.59. The summed E-state index contributed by atoms with van der Waals surface area (Å²) < 4.78 is 27.3. The van der Waals surface area contributed by atoms with Gasteiger partial charge in [-0.15, -0.1) is 0 Å². The molecule has 1 aliphatic rings. The molecule has 1 aliphatic carbocycles. The smallest absolute Gasteiger partial charge is 0.385 e. The molecule has 0 spiro atoms. The number of hydrogen-bond donors (Lipinski definition) is 2. The van der Waals surface area contributed by atoms with Crippen LogP contribution in [0.25, 0.3) is 28.3 Å². The number of nitrogens with zero attached hydrogens (tertiary/aromatic N) is 5. The summed E-state index contributed by atoms with van der Waals surface area (Å²) >= 11 is 0. The van der Waals surface area contributed by atoms with Gasteiger partial charge < -0.3 is 9.84 Å². The summed E-state index contributed by atoms with van der Waals surface area (Å²) in [6.45, 7) is 4.42. The van der Waals surface area contributed by atoms with Crippen LogP contribution in [0.1, 0.15) is 74.6 Å². The second-order valence-electron chi connectivity index (χ2n) is 12.5.